The SMILES string of the molecule is CC(C)(C)c1nsc(Sc2nnc(C(F)(F)F)n2N)n1. The summed E-state index contributed by atoms with van der Waals surface area (Å²) in [6, 6.07) is 0. The van der Waals surface area contributed by atoms with Gasteiger partial charge in [-0.05, 0) is 23.3 Å². The molecule has 2 N–H and O–H groups in total. The summed E-state index contributed by atoms with van der Waals surface area (Å²) in [6.07, 6.45) is -4.64. The Morgan fingerprint density at radius 2 is 1.85 bits per heavy atom. The van der Waals surface area contributed by atoms with E-state index in [1.807, 2.05) is 20.8 Å². The molecule has 2 aromatic rings. The molecular weight excluding hydrogens is 313 g/mol. The second-order valence-corrected chi connectivity index (χ2v) is 6.88. The van der Waals surface area contributed by atoms with Gasteiger partial charge in [-0.1, -0.05) is 20.8 Å². The van der Waals surface area contributed by atoms with Gasteiger partial charge in [0.25, 0.3) is 5.82 Å². The molecule has 2 aromatic heterocycles. The fourth-order valence-corrected chi connectivity index (χ4v) is 2.82. The van der Waals surface area contributed by atoms with Crippen molar-refractivity contribution in [3.8, 4) is 0 Å². The van der Waals surface area contributed by atoms with Gasteiger partial charge in [-0.25, -0.2) is 9.66 Å². The number of nitrogens with two attached hydrogens (primary N) is 1. The summed E-state index contributed by atoms with van der Waals surface area (Å²) >= 11 is 1.98. The highest BCUT2D eigenvalue weighted by Gasteiger charge is 2.38. The van der Waals surface area contributed by atoms with Crippen LogP contribution in [0.5, 0.6) is 0 Å². The van der Waals surface area contributed by atoms with Crippen molar-refractivity contribution < 1.29 is 13.2 Å². The van der Waals surface area contributed by atoms with Crippen molar-refractivity contribution in [2.75, 3.05) is 5.84 Å². The highest BCUT2D eigenvalue weighted by molar-refractivity contribution is 8.00. The van der Waals surface area contributed by atoms with Crippen molar-refractivity contribution in [1.29, 1.82) is 0 Å². The quantitative estimate of drug-likeness (QED) is 0.854. The van der Waals surface area contributed by atoms with Crippen molar-refractivity contribution in [3.63, 3.8) is 0 Å². The first-order valence-corrected chi connectivity index (χ1v) is 6.98. The molecule has 0 spiro atoms. The van der Waals surface area contributed by atoms with E-state index >= 15 is 0 Å². The lowest BCUT2D eigenvalue weighted by Gasteiger charge is -2.12. The monoisotopic (exact) mass is 324 g/mol. The molecule has 0 aliphatic heterocycles. The highest BCUT2D eigenvalue weighted by atomic mass is 32.2. The third-order valence-electron chi connectivity index (χ3n) is 2.17. The van der Waals surface area contributed by atoms with Crippen LogP contribution in [0.25, 0.3) is 0 Å². The van der Waals surface area contributed by atoms with Crippen LogP contribution in [0.1, 0.15) is 32.4 Å². The zero-order valence-electron chi connectivity index (χ0n) is 10.8. The largest absolute Gasteiger partial charge is 0.453 e. The highest BCUT2D eigenvalue weighted by Crippen LogP contribution is 2.33. The number of alkyl halides is 3. The standard InChI is InChI=1S/C9H11F3N6S2/c1-8(2,3)4-14-7(20-17-4)19-6-16-15-5(18(6)13)9(10,11)12/h13H2,1-3H3. The lowest BCUT2D eigenvalue weighted by molar-refractivity contribution is -0.146. The Balaban J connectivity index is 2.23. The van der Waals surface area contributed by atoms with E-state index in [0.717, 1.165) is 23.3 Å². The molecule has 110 valence electrons. The topological polar surface area (TPSA) is 82.5 Å². The molecular formula is C9H11F3N6S2. The number of nitrogens with zero attached hydrogens (tertiary/aromatic N) is 5. The molecule has 0 aromatic carbocycles. The molecule has 0 saturated carbocycles. The van der Waals surface area contributed by atoms with E-state index in [4.69, 9.17) is 5.84 Å². The van der Waals surface area contributed by atoms with E-state index in [9.17, 15) is 13.2 Å². The van der Waals surface area contributed by atoms with E-state index in [1.165, 1.54) is 0 Å². The maximum absolute atomic E-state index is 12.5. The Bertz CT molecular complexity index is 612. The van der Waals surface area contributed by atoms with Crippen molar-refractivity contribution in [3.05, 3.63) is 11.6 Å². The molecule has 0 saturated heterocycles. The third kappa shape index (κ3) is 3.03. The molecule has 0 atom stereocenters. The van der Waals surface area contributed by atoms with E-state index in [1.54, 1.807) is 0 Å². The van der Waals surface area contributed by atoms with E-state index in [0.29, 0.717) is 14.8 Å². The summed E-state index contributed by atoms with van der Waals surface area (Å²) in [5, 5.41) is 6.37. The summed E-state index contributed by atoms with van der Waals surface area (Å²) in [4.78, 5) is 4.24. The predicted octanol–water partition coefficient (Wildman–Crippen LogP) is 2.31. The molecule has 2 heterocycles. The number of halogens is 3. The fraction of sp³-hybridized carbons (Fsp3) is 0.556. The van der Waals surface area contributed by atoms with Gasteiger partial charge in [-0.15, -0.1) is 10.2 Å². The summed E-state index contributed by atoms with van der Waals surface area (Å²) in [6.45, 7) is 5.82. The number of hydrogen-bond acceptors (Lipinski definition) is 7. The van der Waals surface area contributed by atoms with Crippen molar-refractivity contribution in [2.24, 2.45) is 0 Å². The van der Waals surface area contributed by atoms with Crippen LogP contribution < -0.4 is 5.84 Å². The van der Waals surface area contributed by atoms with Crippen molar-refractivity contribution >= 4 is 23.3 Å². The predicted molar refractivity (Wildman–Crippen MR) is 67.9 cm³/mol. The van der Waals surface area contributed by atoms with Crippen LogP contribution >= 0.6 is 23.3 Å². The van der Waals surface area contributed by atoms with Gasteiger partial charge >= 0.3 is 6.18 Å². The summed E-state index contributed by atoms with van der Waals surface area (Å²) in [5.41, 5.74) is -0.233. The van der Waals surface area contributed by atoms with Crippen molar-refractivity contribution in [2.45, 2.75) is 41.9 Å². The Labute approximate surface area is 120 Å². The van der Waals surface area contributed by atoms with Gasteiger partial charge in [0.2, 0.25) is 5.16 Å². The van der Waals surface area contributed by atoms with E-state index < -0.39 is 12.0 Å². The summed E-state index contributed by atoms with van der Waals surface area (Å²) < 4.78 is 42.6. The molecule has 0 aliphatic rings. The van der Waals surface area contributed by atoms with Crippen LogP contribution in [-0.4, -0.2) is 24.2 Å². The number of nitrogen functional groups attached to an aromatic ring is 1. The number of aromatic nitrogens is 5. The van der Waals surface area contributed by atoms with Crippen LogP contribution in [0.3, 0.4) is 0 Å². The molecule has 2 rings (SSSR count). The minimum absolute atomic E-state index is 0.0889. The van der Waals surface area contributed by atoms with Crippen LogP contribution in [0.2, 0.25) is 0 Å². The van der Waals surface area contributed by atoms with Gasteiger partial charge in [-0.3, -0.25) is 0 Å². The van der Waals surface area contributed by atoms with Gasteiger partial charge in [0, 0.05) is 5.41 Å². The van der Waals surface area contributed by atoms with E-state index in [2.05, 4.69) is 19.6 Å². The first-order chi connectivity index (χ1) is 9.09. The zero-order valence-corrected chi connectivity index (χ0v) is 12.4. The molecule has 0 amide bonds. The molecule has 20 heavy (non-hydrogen) atoms. The molecule has 0 aliphatic carbocycles. The van der Waals surface area contributed by atoms with Crippen LogP contribution in [-0.2, 0) is 11.6 Å². The Morgan fingerprint density at radius 1 is 1.20 bits per heavy atom. The Kier molecular flexibility index (Phi) is 3.67. The number of rotatable bonds is 2. The summed E-state index contributed by atoms with van der Waals surface area (Å²) in [5.74, 6) is 4.70. The first-order valence-electron chi connectivity index (χ1n) is 5.39. The fourth-order valence-electron chi connectivity index (χ4n) is 1.17. The first kappa shape index (κ1) is 15.0. The Hall–Kier alpha value is -1.36. The van der Waals surface area contributed by atoms with E-state index in [-0.39, 0.29) is 10.6 Å². The normalized spacial score (nSPS) is 12.9. The van der Waals surface area contributed by atoms with Crippen LogP contribution in [0, 0.1) is 0 Å². The third-order valence-corrected chi connectivity index (χ3v) is 3.89. The second-order valence-electron chi connectivity index (χ2n) is 4.91. The van der Waals surface area contributed by atoms with Crippen LogP contribution in [0.4, 0.5) is 13.2 Å². The summed E-state index contributed by atoms with van der Waals surface area (Å²) in [7, 11) is 0. The maximum Gasteiger partial charge on any atom is 0.453 e. The maximum atomic E-state index is 12.5. The van der Waals surface area contributed by atoms with Gasteiger partial charge in [0.05, 0.1) is 0 Å². The number of hydrogen-bond donors (Lipinski definition) is 1. The average molecular weight is 324 g/mol. The zero-order chi connectivity index (χ0) is 15.1. The Morgan fingerprint density at radius 3 is 2.30 bits per heavy atom. The second kappa shape index (κ2) is 4.88. The van der Waals surface area contributed by atoms with Gasteiger partial charge in [0.1, 0.15) is 5.82 Å². The van der Waals surface area contributed by atoms with Crippen LogP contribution in [0.15, 0.2) is 9.50 Å². The molecule has 0 bridgehead atoms. The lowest BCUT2D eigenvalue weighted by atomic mass is 9.96. The molecule has 0 radical (unpaired) electrons. The minimum Gasteiger partial charge on any atom is -0.335 e. The molecule has 6 nitrogen and oxygen atoms in total. The lowest BCUT2D eigenvalue weighted by Crippen LogP contribution is -2.21. The van der Waals surface area contributed by atoms with Gasteiger partial charge < -0.3 is 5.84 Å². The molecule has 11 heteroatoms. The van der Waals surface area contributed by atoms with Gasteiger partial charge in [-0.2, -0.15) is 17.5 Å². The smallest absolute Gasteiger partial charge is 0.335 e. The van der Waals surface area contributed by atoms with Crippen molar-refractivity contribution in [1.82, 2.24) is 24.2 Å². The molecule has 0 unspecified atom stereocenters. The molecule has 0 fully saturated rings. The van der Waals surface area contributed by atoms with Gasteiger partial charge in [0.15, 0.2) is 4.34 Å². The minimum atomic E-state index is -4.64. The average Bonchev–Trinajstić information content (AvgIpc) is 2.85.